The second kappa shape index (κ2) is 13.7. The number of aryl methyl sites for hydroxylation is 2. The summed E-state index contributed by atoms with van der Waals surface area (Å²) in [5.41, 5.74) is 7.52. The summed E-state index contributed by atoms with van der Waals surface area (Å²) in [6, 6.07) is 17.5. The molecular weight excluding hydrogens is 388 g/mol. The quantitative estimate of drug-likeness (QED) is 0.492. The second-order valence-corrected chi connectivity index (χ2v) is 6.52. The lowest BCUT2D eigenvalue weighted by atomic mass is 10.1. The third-order valence-corrected chi connectivity index (χ3v) is 4.24. The molecule has 0 heterocycles. The van der Waals surface area contributed by atoms with Gasteiger partial charge >= 0.3 is 18.0 Å². The Kier molecular flexibility index (Phi) is 11.3. The van der Waals surface area contributed by atoms with Crippen molar-refractivity contribution in [3.8, 4) is 0 Å². The van der Waals surface area contributed by atoms with Gasteiger partial charge in [-0.3, -0.25) is 4.79 Å². The molecular formula is C22H28N2O6. The predicted molar refractivity (Wildman–Crippen MR) is 112 cm³/mol. The molecule has 0 saturated heterocycles. The molecule has 2 aromatic carbocycles. The molecule has 2 aromatic rings. The molecule has 8 heteroatoms. The molecule has 0 bridgehead atoms. The number of carboxylic acid groups (broad SMARTS) is 2. The van der Waals surface area contributed by atoms with Gasteiger partial charge in [0.1, 0.15) is 12.1 Å². The Bertz CT molecular complexity index is 783. The number of carbonyl (C=O) groups excluding carboxylic acids is 1. The third-order valence-electron chi connectivity index (χ3n) is 4.24. The zero-order valence-corrected chi connectivity index (χ0v) is 16.9. The van der Waals surface area contributed by atoms with Gasteiger partial charge in [0.25, 0.3) is 0 Å². The SMILES string of the molecule is COC(=O)N[C@@H](CCc1ccccc1)C(=O)O.N[C@@H](CCc1ccccc1)C(=O)O. The average molecular weight is 416 g/mol. The van der Waals surface area contributed by atoms with Crippen molar-refractivity contribution in [2.75, 3.05) is 7.11 Å². The number of carbonyl (C=O) groups is 3. The van der Waals surface area contributed by atoms with Crippen LogP contribution in [0.25, 0.3) is 0 Å². The number of alkyl carbamates (subject to hydrolysis) is 1. The summed E-state index contributed by atoms with van der Waals surface area (Å²) in [6.07, 6.45) is 1.38. The molecule has 0 saturated carbocycles. The van der Waals surface area contributed by atoms with Crippen LogP contribution in [-0.4, -0.2) is 47.4 Å². The summed E-state index contributed by atoms with van der Waals surface area (Å²) < 4.78 is 4.37. The van der Waals surface area contributed by atoms with Crippen molar-refractivity contribution in [3.05, 3.63) is 71.8 Å². The first-order valence-corrected chi connectivity index (χ1v) is 9.47. The highest BCUT2D eigenvalue weighted by atomic mass is 16.5. The van der Waals surface area contributed by atoms with Gasteiger partial charge in [0.2, 0.25) is 0 Å². The van der Waals surface area contributed by atoms with E-state index in [9.17, 15) is 14.4 Å². The molecule has 0 radical (unpaired) electrons. The second-order valence-electron chi connectivity index (χ2n) is 6.52. The maximum Gasteiger partial charge on any atom is 0.407 e. The summed E-state index contributed by atoms with van der Waals surface area (Å²) in [5, 5.41) is 19.7. The van der Waals surface area contributed by atoms with E-state index in [1.165, 1.54) is 7.11 Å². The number of ether oxygens (including phenoxy) is 1. The largest absolute Gasteiger partial charge is 0.480 e. The van der Waals surface area contributed by atoms with Crippen LogP contribution >= 0.6 is 0 Å². The number of benzene rings is 2. The summed E-state index contributed by atoms with van der Waals surface area (Å²) >= 11 is 0. The van der Waals surface area contributed by atoms with Crippen molar-refractivity contribution < 1.29 is 29.3 Å². The van der Waals surface area contributed by atoms with E-state index in [1.54, 1.807) is 0 Å². The Balaban J connectivity index is 0.000000311. The number of amides is 1. The van der Waals surface area contributed by atoms with Gasteiger partial charge < -0.3 is 26.0 Å². The molecule has 0 aliphatic heterocycles. The van der Waals surface area contributed by atoms with E-state index in [0.29, 0.717) is 25.7 Å². The van der Waals surface area contributed by atoms with E-state index in [0.717, 1.165) is 11.1 Å². The van der Waals surface area contributed by atoms with Crippen molar-refractivity contribution in [2.24, 2.45) is 5.73 Å². The number of aliphatic carboxylic acids is 2. The fourth-order valence-corrected chi connectivity index (χ4v) is 2.50. The fourth-order valence-electron chi connectivity index (χ4n) is 2.50. The number of rotatable bonds is 9. The minimum absolute atomic E-state index is 0.328. The first-order valence-electron chi connectivity index (χ1n) is 9.47. The van der Waals surface area contributed by atoms with Gasteiger partial charge in [0, 0.05) is 0 Å². The van der Waals surface area contributed by atoms with E-state index >= 15 is 0 Å². The standard InChI is InChI=1S/C12H15NO4.C10H13NO2/c1-17-12(16)13-10(11(14)15)8-7-9-5-3-2-4-6-9;11-9(10(12)13)7-6-8-4-2-1-3-5-8/h2-6,10H,7-8H2,1H3,(H,13,16)(H,14,15);1-5,9H,6-7,11H2,(H,12,13)/t10-;9-/m00/s1. The summed E-state index contributed by atoms with van der Waals surface area (Å²) in [4.78, 5) is 32.2. The van der Waals surface area contributed by atoms with Crippen molar-refractivity contribution in [1.29, 1.82) is 0 Å². The molecule has 0 aliphatic rings. The zero-order valence-electron chi connectivity index (χ0n) is 16.9. The molecule has 162 valence electrons. The van der Waals surface area contributed by atoms with Gasteiger partial charge in [-0.05, 0) is 36.8 Å². The molecule has 0 aliphatic carbocycles. The topological polar surface area (TPSA) is 139 Å². The van der Waals surface area contributed by atoms with E-state index in [2.05, 4.69) is 10.1 Å². The first-order chi connectivity index (χ1) is 14.3. The van der Waals surface area contributed by atoms with Crippen LogP contribution in [0, 0.1) is 0 Å². The molecule has 2 atom stereocenters. The van der Waals surface area contributed by atoms with Crippen LogP contribution < -0.4 is 11.1 Å². The monoisotopic (exact) mass is 416 g/mol. The molecule has 1 amide bonds. The smallest absolute Gasteiger partial charge is 0.407 e. The van der Waals surface area contributed by atoms with Crippen LogP contribution in [0.5, 0.6) is 0 Å². The Morgan fingerprint density at radius 1 is 0.867 bits per heavy atom. The van der Waals surface area contributed by atoms with Crippen LogP contribution in [-0.2, 0) is 27.2 Å². The average Bonchev–Trinajstić information content (AvgIpc) is 2.76. The Hall–Kier alpha value is -3.39. The number of nitrogens with two attached hydrogens (primary N) is 1. The molecule has 0 fully saturated rings. The van der Waals surface area contributed by atoms with Gasteiger partial charge in [0.05, 0.1) is 7.11 Å². The highest BCUT2D eigenvalue weighted by molar-refractivity contribution is 5.79. The highest BCUT2D eigenvalue weighted by Crippen LogP contribution is 2.06. The van der Waals surface area contributed by atoms with Crippen LogP contribution in [0.1, 0.15) is 24.0 Å². The van der Waals surface area contributed by atoms with Crippen molar-refractivity contribution in [3.63, 3.8) is 0 Å². The summed E-state index contributed by atoms with van der Waals surface area (Å²) in [5.74, 6) is -2.00. The highest BCUT2D eigenvalue weighted by Gasteiger charge is 2.19. The lowest BCUT2D eigenvalue weighted by Gasteiger charge is -2.13. The van der Waals surface area contributed by atoms with Crippen LogP contribution in [0.15, 0.2) is 60.7 Å². The van der Waals surface area contributed by atoms with E-state index in [4.69, 9.17) is 15.9 Å². The summed E-state index contributed by atoms with van der Waals surface area (Å²) in [7, 11) is 1.20. The Morgan fingerprint density at radius 3 is 1.73 bits per heavy atom. The van der Waals surface area contributed by atoms with Crippen molar-refractivity contribution in [1.82, 2.24) is 5.32 Å². The molecule has 0 aromatic heterocycles. The minimum Gasteiger partial charge on any atom is -0.480 e. The van der Waals surface area contributed by atoms with Gasteiger partial charge in [-0.15, -0.1) is 0 Å². The fraction of sp³-hybridized carbons (Fsp3) is 0.318. The predicted octanol–water partition coefficient (Wildman–Crippen LogP) is 2.46. The molecule has 8 nitrogen and oxygen atoms in total. The first kappa shape index (κ1) is 24.6. The summed E-state index contributed by atoms with van der Waals surface area (Å²) in [6.45, 7) is 0. The van der Waals surface area contributed by atoms with E-state index in [-0.39, 0.29) is 0 Å². The lowest BCUT2D eigenvalue weighted by molar-refractivity contribution is -0.140. The van der Waals surface area contributed by atoms with Gasteiger partial charge in [-0.25, -0.2) is 9.59 Å². The number of nitrogens with one attached hydrogen (secondary N) is 1. The van der Waals surface area contributed by atoms with E-state index < -0.39 is 30.1 Å². The van der Waals surface area contributed by atoms with Crippen LogP contribution in [0.3, 0.4) is 0 Å². The lowest BCUT2D eigenvalue weighted by Crippen LogP contribution is -2.41. The molecule has 30 heavy (non-hydrogen) atoms. The normalized spacial score (nSPS) is 11.9. The van der Waals surface area contributed by atoms with Gasteiger partial charge in [0.15, 0.2) is 0 Å². The molecule has 5 N–H and O–H groups in total. The Labute approximate surface area is 175 Å². The third kappa shape index (κ3) is 10.2. The van der Waals surface area contributed by atoms with E-state index in [1.807, 2.05) is 60.7 Å². The van der Waals surface area contributed by atoms with Crippen LogP contribution in [0.2, 0.25) is 0 Å². The zero-order chi connectivity index (χ0) is 22.4. The van der Waals surface area contributed by atoms with Crippen LogP contribution in [0.4, 0.5) is 4.79 Å². The molecule has 0 spiro atoms. The van der Waals surface area contributed by atoms with Crippen molar-refractivity contribution >= 4 is 18.0 Å². The van der Waals surface area contributed by atoms with Gasteiger partial charge in [-0.2, -0.15) is 0 Å². The van der Waals surface area contributed by atoms with Gasteiger partial charge in [-0.1, -0.05) is 60.7 Å². The maximum absolute atomic E-state index is 10.9. The minimum atomic E-state index is -1.06. The molecule has 0 unspecified atom stereocenters. The number of methoxy groups -OCH3 is 1. The number of carboxylic acids is 2. The Morgan fingerprint density at radius 2 is 1.33 bits per heavy atom. The molecule has 2 rings (SSSR count). The number of hydrogen-bond donors (Lipinski definition) is 4. The number of hydrogen-bond acceptors (Lipinski definition) is 5. The van der Waals surface area contributed by atoms with Crippen molar-refractivity contribution in [2.45, 2.75) is 37.8 Å². The maximum atomic E-state index is 10.9.